The first kappa shape index (κ1) is 38.7. The third-order valence-electron chi connectivity index (χ3n) is 12.5. The zero-order chi connectivity index (χ0) is 43.8. The summed E-state index contributed by atoms with van der Waals surface area (Å²) in [4.78, 5) is 9.83. The van der Waals surface area contributed by atoms with Gasteiger partial charge in [-0.3, -0.25) is 4.40 Å². The normalized spacial score (nSPS) is 11.3. The monoisotopic (exact) mass is 845 g/mol. The van der Waals surface area contributed by atoms with Crippen molar-refractivity contribution in [3.05, 3.63) is 261 Å². The van der Waals surface area contributed by atoms with Crippen molar-refractivity contribution in [2.45, 2.75) is 0 Å². The summed E-state index contributed by atoms with van der Waals surface area (Å²) in [5.41, 5.74) is 17.3. The average molecular weight is 846 g/mol. The van der Waals surface area contributed by atoms with Gasteiger partial charge >= 0.3 is 0 Å². The molecule has 312 valence electrons. The molecule has 0 N–H and O–H groups in total. The summed E-state index contributed by atoms with van der Waals surface area (Å²) in [7, 11) is 0. The van der Waals surface area contributed by atoms with Gasteiger partial charge in [0, 0.05) is 67.9 Å². The minimum Gasteiger partial charge on any atom is -0.310 e. The summed E-state index contributed by atoms with van der Waals surface area (Å²) in [5.74, 6) is 0. The first-order chi connectivity index (χ1) is 32.7. The number of rotatable bonds is 10. The Bertz CT molecular complexity index is 3390. The zero-order valence-corrected chi connectivity index (χ0v) is 36.1. The van der Waals surface area contributed by atoms with Crippen molar-refractivity contribution in [3.63, 3.8) is 0 Å². The van der Waals surface area contributed by atoms with Gasteiger partial charge in [-0.2, -0.15) is 0 Å². The second kappa shape index (κ2) is 16.6. The summed E-state index contributed by atoms with van der Waals surface area (Å²) >= 11 is 0. The van der Waals surface area contributed by atoms with Crippen LogP contribution in [0.15, 0.2) is 261 Å². The Morgan fingerprint density at radius 2 is 0.727 bits per heavy atom. The molecule has 0 saturated carbocycles. The maximum atomic E-state index is 5.16. The summed E-state index contributed by atoms with van der Waals surface area (Å²) in [6.45, 7) is 0. The van der Waals surface area contributed by atoms with Gasteiger partial charge in [-0.25, -0.2) is 4.98 Å². The topological polar surface area (TPSA) is 28.7 Å². The van der Waals surface area contributed by atoms with Crippen LogP contribution in [0.4, 0.5) is 34.1 Å². The molecule has 5 heteroatoms. The van der Waals surface area contributed by atoms with Crippen molar-refractivity contribution >= 4 is 61.6 Å². The van der Waals surface area contributed by atoms with Crippen LogP contribution in [0.3, 0.4) is 0 Å². The molecule has 9 aromatic carbocycles. The summed E-state index contributed by atoms with van der Waals surface area (Å²) in [6, 6.07) is 90.6. The van der Waals surface area contributed by atoms with Crippen molar-refractivity contribution in [1.82, 2.24) is 14.0 Å². The molecular formula is C61H43N5. The highest BCUT2D eigenvalue weighted by Crippen LogP contribution is 2.43. The Kier molecular flexibility index (Phi) is 9.77. The van der Waals surface area contributed by atoms with Crippen molar-refractivity contribution < 1.29 is 0 Å². The van der Waals surface area contributed by atoms with Crippen LogP contribution in [0.5, 0.6) is 0 Å². The zero-order valence-electron chi connectivity index (χ0n) is 36.1. The molecule has 0 atom stereocenters. The van der Waals surface area contributed by atoms with E-state index >= 15 is 0 Å². The number of anilines is 6. The number of imidazole rings is 1. The van der Waals surface area contributed by atoms with Crippen LogP contribution in [0, 0.1) is 0 Å². The van der Waals surface area contributed by atoms with E-state index in [4.69, 9.17) is 4.98 Å². The van der Waals surface area contributed by atoms with E-state index in [9.17, 15) is 0 Å². The van der Waals surface area contributed by atoms with Crippen molar-refractivity contribution in [3.8, 4) is 39.3 Å². The second-order valence-electron chi connectivity index (χ2n) is 16.5. The van der Waals surface area contributed by atoms with Gasteiger partial charge in [0.2, 0.25) is 0 Å². The Morgan fingerprint density at radius 3 is 1.18 bits per heavy atom. The average Bonchev–Trinajstić information content (AvgIpc) is 3.94. The van der Waals surface area contributed by atoms with Gasteiger partial charge in [0.1, 0.15) is 5.65 Å². The van der Waals surface area contributed by atoms with Gasteiger partial charge in [-0.05, 0) is 120 Å². The van der Waals surface area contributed by atoms with Crippen molar-refractivity contribution in [1.29, 1.82) is 0 Å². The molecule has 0 spiro atoms. The number of para-hydroxylation sites is 4. The maximum absolute atomic E-state index is 5.16. The largest absolute Gasteiger partial charge is 0.310 e. The molecule has 0 amide bonds. The fourth-order valence-corrected chi connectivity index (χ4v) is 9.45. The molecule has 66 heavy (non-hydrogen) atoms. The van der Waals surface area contributed by atoms with Gasteiger partial charge in [0.25, 0.3) is 0 Å². The highest BCUT2D eigenvalue weighted by molar-refractivity contribution is 6.12. The summed E-state index contributed by atoms with van der Waals surface area (Å²) in [5, 5.41) is 2.33. The van der Waals surface area contributed by atoms with Gasteiger partial charge in [-0.15, -0.1) is 0 Å². The number of hydrogen-bond acceptors (Lipinski definition) is 3. The van der Waals surface area contributed by atoms with E-state index in [-0.39, 0.29) is 0 Å². The lowest BCUT2D eigenvalue weighted by Crippen LogP contribution is -2.09. The SMILES string of the molecule is c1ccc(-c2nc3ccc(-c4ccc(-n5c6ccc(N(c7ccccc7)c7ccccc7)cc6c6cc(N(c7ccccc7)c7ccccc7)ccc65)cc4)cn3c2-c2ccccc2)cc1. The van der Waals surface area contributed by atoms with E-state index in [0.29, 0.717) is 0 Å². The first-order valence-electron chi connectivity index (χ1n) is 22.4. The Balaban J connectivity index is 1.02. The molecule has 0 saturated heterocycles. The van der Waals surface area contributed by atoms with Crippen molar-refractivity contribution in [2.24, 2.45) is 0 Å². The Hall–Kier alpha value is -8.93. The predicted octanol–water partition coefficient (Wildman–Crippen LogP) is 16.4. The number of fused-ring (bicyclic) bond motifs is 4. The summed E-state index contributed by atoms with van der Waals surface area (Å²) < 4.78 is 4.65. The van der Waals surface area contributed by atoms with E-state index in [1.807, 2.05) is 6.07 Å². The van der Waals surface area contributed by atoms with Crippen LogP contribution >= 0.6 is 0 Å². The van der Waals surface area contributed by atoms with Crippen LogP contribution in [-0.2, 0) is 0 Å². The quantitative estimate of drug-likeness (QED) is 0.137. The second-order valence-corrected chi connectivity index (χ2v) is 16.5. The van der Waals surface area contributed by atoms with Crippen LogP contribution in [0.25, 0.3) is 66.8 Å². The Morgan fingerprint density at radius 1 is 0.318 bits per heavy atom. The predicted molar refractivity (Wildman–Crippen MR) is 275 cm³/mol. The number of benzene rings is 9. The lowest BCUT2D eigenvalue weighted by molar-refractivity contribution is 1.17. The van der Waals surface area contributed by atoms with E-state index in [0.717, 1.165) is 90.1 Å². The van der Waals surface area contributed by atoms with Gasteiger partial charge in [0.15, 0.2) is 0 Å². The fourth-order valence-electron chi connectivity index (χ4n) is 9.45. The highest BCUT2D eigenvalue weighted by Gasteiger charge is 2.21. The lowest BCUT2D eigenvalue weighted by atomic mass is 10.0. The number of hydrogen-bond donors (Lipinski definition) is 0. The van der Waals surface area contributed by atoms with Gasteiger partial charge < -0.3 is 14.4 Å². The molecule has 0 aliphatic carbocycles. The first-order valence-corrected chi connectivity index (χ1v) is 22.4. The summed E-state index contributed by atoms with van der Waals surface area (Å²) in [6.07, 6.45) is 2.23. The smallest absolute Gasteiger partial charge is 0.137 e. The number of nitrogens with zero attached hydrogens (tertiary/aromatic N) is 5. The number of aromatic nitrogens is 3. The van der Waals surface area contributed by atoms with E-state index in [1.54, 1.807) is 0 Å². The molecule has 0 aliphatic rings. The molecule has 0 fully saturated rings. The van der Waals surface area contributed by atoms with Crippen LogP contribution < -0.4 is 9.80 Å². The molecule has 0 radical (unpaired) electrons. The van der Waals surface area contributed by atoms with E-state index < -0.39 is 0 Å². The third kappa shape index (κ3) is 6.96. The van der Waals surface area contributed by atoms with Crippen LogP contribution in [0.2, 0.25) is 0 Å². The standard InChI is InChI=1S/C61H43N5/c1-7-19-45(20-8-1)60-61(46-21-9-2-10-22-46)63-43-47(33-40-59(63)62-60)44-31-34-52(35-32-44)66-57-38-36-53(64(48-23-11-3-12-24-48)49-25-13-4-14-26-49)41-55(57)56-42-54(37-39-58(56)66)65(50-27-15-5-16-28-50)51-29-17-6-18-30-51/h1-43H. The minimum atomic E-state index is 0.910. The minimum absolute atomic E-state index is 0.910. The molecule has 12 rings (SSSR count). The lowest BCUT2D eigenvalue weighted by Gasteiger charge is -2.26. The third-order valence-corrected chi connectivity index (χ3v) is 12.5. The molecule has 12 aromatic rings. The van der Waals surface area contributed by atoms with E-state index in [1.165, 1.54) is 10.8 Å². The molecular weight excluding hydrogens is 803 g/mol. The Labute approximate surface area is 384 Å². The molecule has 3 aromatic heterocycles. The van der Waals surface area contributed by atoms with Crippen LogP contribution in [0.1, 0.15) is 0 Å². The van der Waals surface area contributed by atoms with Gasteiger partial charge in [0.05, 0.1) is 22.4 Å². The molecule has 0 aliphatic heterocycles. The van der Waals surface area contributed by atoms with Gasteiger partial charge in [-0.1, -0.05) is 146 Å². The molecule has 0 bridgehead atoms. The molecule has 5 nitrogen and oxygen atoms in total. The van der Waals surface area contributed by atoms with Crippen molar-refractivity contribution in [2.75, 3.05) is 9.80 Å². The van der Waals surface area contributed by atoms with Crippen LogP contribution in [-0.4, -0.2) is 14.0 Å². The highest BCUT2D eigenvalue weighted by atomic mass is 15.1. The maximum Gasteiger partial charge on any atom is 0.137 e. The molecule has 0 unspecified atom stereocenters. The molecule has 3 heterocycles. The van der Waals surface area contributed by atoms with E-state index in [2.05, 4.69) is 274 Å². The fraction of sp³-hybridized carbons (Fsp3) is 0. The number of pyridine rings is 1.